The van der Waals surface area contributed by atoms with E-state index in [1.807, 2.05) is 6.92 Å². The normalized spacial score (nSPS) is 10.1. The molecule has 0 aliphatic rings. The van der Waals surface area contributed by atoms with Gasteiger partial charge >= 0.3 is 0 Å². The number of hydrogen-bond acceptors (Lipinski definition) is 4. The molecule has 0 N–H and O–H groups in total. The van der Waals surface area contributed by atoms with E-state index in [0.717, 1.165) is 5.56 Å². The maximum atomic E-state index is 12.8. The molecule has 0 radical (unpaired) electrons. The van der Waals surface area contributed by atoms with Gasteiger partial charge in [-0.3, -0.25) is 0 Å². The van der Waals surface area contributed by atoms with Gasteiger partial charge in [-0.05, 0) is 31.2 Å². The number of ether oxygens (including phenoxy) is 1. The molecule has 1 aromatic carbocycles. The molecule has 4 nitrogen and oxygen atoms in total. The third kappa shape index (κ3) is 2.13. The Morgan fingerprint density at radius 3 is 2.69 bits per heavy atom. The highest BCUT2D eigenvalue weighted by atomic mass is 19.1. The van der Waals surface area contributed by atoms with Crippen LogP contribution in [-0.2, 0) is 0 Å². The van der Waals surface area contributed by atoms with Crippen LogP contribution in [0.25, 0.3) is 11.3 Å². The number of aromatic nitrogens is 3. The molecule has 0 spiro atoms. The fourth-order valence-electron chi connectivity index (χ4n) is 1.30. The van der Waals surface area contributed by atoms with Crippen molar-refractivity contribution in [3.8, 4) is 17.1 Å². The van der Waals surface area contributed by atoms with E-state index in [2.05, 4.69) is 15.2 Å². The van der Waals surface area contributed by atoms with Gasteiger partial charge in [-0.1, -0.05) is 0 Å². The van der Waals surface area contributed by atoms with Gasteiger partial charge in [-0.2, -0.15) is 4.98 Å². The largest absolute Gasteiger partial charge is 0.476 e. The first kappa shape index (κ1) is 10.5. The molecule has 0 atom stereocenters. The van der Waals surface area contributed by atoms with E-state index in [4.69, 9.17) is 4.74 Å². The van der Waals surface area contributed by atoms with Gasteiger partial charge in [-0.15, -0.1) is 10.2 Å². The second-order valence-corrected chi connectivity index (χ2v) is 3.05. The van der Waals surface area contributed by atoms with Crippen LogP contribution >= 0.6 is 0 Å². The van der Waals surface area contributed by atoms with Crippen LogP contribution < -0.4 is 4.74 Å². The molecule has 1 aromatic heterocycles. The molecular weight excluding hydrogens is 209 g/mol. The lowest BCUT2D eigenvalue weighted by atomic mass is 10.1. The average molecular weight is 219 g/mol. The van der Waals surface area contributed by atoms with E-state index in [1.165, 1.54) is 18.5 Å². The Morgan fingerprint density at radius 2 is 2.00 bits per heavy atom. The third-order valence-electron chi connectivity index (χ3n) is 1.99. The maximum Gasteiger partial charge on any atom is 0.244 e. The van der Waals surface area contributed by atoms with E-state index in [9.17, 15) is 4.39 Å². The van der Waals surface area contributed by atoms with Crippen LogP contribution in [0, 0.1) is 5.82 Å². The van der Waals surface area contributed by atoms with E-state index in [0.29, 0.717) is 18.2 Å². The lowest BCUT2D eigenvalue weighted by molar-refractivity contribution is 0.325. The Labute approximate surface area is 92.1 Å². The van der Waals surface area contributed by atoms with Crippen molar-refractivity contribution in [1.82, 2.24) is 15.2 Å². The van der Waals surface area contributed by atoms with Crippen molar-refractivity contribution in [3.63, 3.8) is 0 Å². The van der Waals surface area contributed by atoms with Crippen molar-refractivity contribution in [2.75, 3.05) is 6.61 Å². The molecule has 0 bridgehead atoms. The summed E-state index contributed by atoms with van der Waals surface area (Å²) in [7, 11) is 0. The van der Waals surface area contributed by atoms with Crippen molar-refractivity contribution in [2.24, 2.45) is 0 Å². The standard InChI is InChI=1S/C11H10FN3O/c1-2-16-11-10(15-14-7-13-11)8-3-5-9(12)6-4-8/h3-7H,2H2,1H3. The molecule has 0 aliphatic carbocycles. The van der Waals surface area contributed by atoms with Gasteiger partial charge in [0, 0.05) is 5.56 Å². The van der Waals surface area contributed by atoms with Crippen LogP contribution in [-0.4, -0.2) is 21.8 Å². The van der Waals surface area contributed by atoms with Gasteiger partial charge in [-0.25, -0.2) is 4.39 Å². The van der Waals surface area contributed by atoms with Crippen LogP contribution in [0.1, 0.15) is 6.92 Å². The summed E-state index contributed by atoms with van der Waals surface area (Å²) in [5.74, 6) is 0.114. The predicted octanol–water partition coefficient (Wildman–Crippen LogP) is 2.08. The summed E-state index contributed by atoms with van der Waals surface area (Å²) >= 11 is 0. The number of rotatable bonds is 3. The second-order valence-electron chi connectivity index (χ2n) is 3.05. The van der Waals surface area contributed by atoms with Crippen molar-refractivity contribution < 1.29 is 9.13 Å². The summed E-state index contributed by atoms with van der Waals surface area (Å²) in [6, 6.07) is 5.95. The SMILES string of the molecule is CCOc1ncnnc1-c1ccc(F)cc1. The van der Waals surface area contributed by atoms with Gasteiger partial charge in [0.25, 0.3) is 0 Å². The molecular formula is C11H10FN3O. The summed E-state index contributed by atoms with van der Waals surface area (Å²) in [5, 5.41) is 7.63. The highest BCUT2D eigenvalue weighted by molar-refractivity contribution is 5.63. The summed E-state index contributed by atoms with van der Waals surface area (Å²) in [6.45, 7) is 2.35. The Bertz CT molecular complexity index is 473. The Balaban J connectivity index is 2.42. The van der Waals surface area contributed by atoms with E-state index < -0.39 is 0 Å². The molecule has 2 rings (SSSR count). The van der Waals surface area contributed by atoms with Crippen molar-refractivity contribution in [1.29, 1.82) is 0 Å². The van der Waals surface area contributed by atoms with Gasteiger partial charge in [0.15, 0.2) is 5.69 Å². The van der Waals surface area contributed by atoms with Crippen molar-refractivity contribution >= 4 is 0 Å². The maximum absolute atomic E-state index is 12.8. The summed E-state index contributed by atoms with van der Waals surface area (Å²) < 4.78 is 18.1. The van der Waals surface area contributed by atoms with Gasteiger partial charge in [0.05, 0.1) is 6.61 Å². The van der Waals surface area contributed by atoms with Crippen molar-refractivity contribution in [2.45, 2.75) is 6.92 Å². The average Bonchev–Trinajstić information content (AvgIpc) is 2.32. The Kier molecular flexibility index (Phi) is 3.05. The zero-order valence-corrected chi connectivity index (χ0v) is 8.72. The second kappa shape index (κ2) is 4.65. The van der Waals surface area contributed by atoms with Crippen LogP contribution in [0.2, 0.25) is 0 Å². The predicted molar refractivity (Wildman–Crippen MR) is 56.4 cm³/mol. The van der Waals surface area contributed by atoms with Gasteiger partial charge in [0.2, 0.25) is 5.88 Å². The minimum absolute atomic E-state index is 0.293. The summed E-state index contributed by atoms with van der Waals surface area (Å²) in [5.41, 5.74) is 1.25. The number of halogens is 1. The molecule has 1 heterocycles. The van der Waals surface area contributed by atoms with Crippen LogP contribution in [0.4, 0.5) is 4.39 Å². The fraction of sp³-hybridized carbons (Fsp3) is 0.182. The molecule has 0 saturated heterocycles. The Hall–Kier alpha value is -2.04. The number of nitrogens with zero attached hydrogens (tertiary/aromatic N) is 3. The summed E-state index contributed by atoms with van der Waals surface area (Å²) in [6.07, 6.45) is 1.32. The lowest BCUT2D eigenvalue weighted by Crippen LogP contribution is -2.00. The Morgan fingerprint density at radius 1 is 1.25 bits per heavy atom. The molecule has 2 aromatic rings. The monoisotopic (exact) mass is 219 g/mol. The zero-order valence-electron chi connectivity index (χ0n) is 8.72. The van der Waals surface area contributed by atoms with Crippen molar-refractivity contribution in [3.05, 3.63) is 36.4 Å². The number of benzene rings is 1. The molecule has 16 heavy (non-hydrogen) atoms. The minimum Gasteiger partial charge on any atom is -0.476 e. The first-order chi connectivity index (χ1) is 7.81. The first-order valence-electron chi connectivity index (χ1n) is 4.87. The van der Waals surface area contributed by atoms with Crippen LogP contribution in [0.3, 0.4) is 0 Å². The van der Waals surface area contributed by atoms with E-state index in [1.54, 1.807) is 12.1 Å². The molecule has 0 saturated carbocycles. The van der Waals surface area contributed by atoms with Gasteiger partial charge in [0.1, 0.15) is 12.1 Å². The molecule has 82 valence electrons. The quantitative estimate of drug-likeness (QED) is 0.792. The number of hydrogen-bond donors (Lipinski definition) is 0. The van der Waals surface area contributed by atoms with Gasteiger partial charge < -0.3 is 4.74 Å². The molecule has 5 heteroatoms. The van der Waals surface area contributed by atoms with E-state index in [-0.39, 0.29) is 5.82 Å². The van der Waals surface area contributed by atoms with Crippen LogP contribution in [0.15, 0.2) is 30.6 Å². The first-order valence-corrected chi connectivity index (χ1v) is 4.87. The lowest BCUT2D eigenvalue weighted by Gasteiger charge is -2.06. The zero-order chi connectivity index (χ0) is 11.4. The fourth-order valence-corrected chi connectivity index (χ4v) is 1.30. The molecule has 0 unspecified atom stereocenters. The highest BCUT2D eigenvalue weighted by Crippen LogP contribution is 2.24. The van der Waals surface area contributed by atoms with Crippen LogP contribution in [0.5, 0.6) is 5.88 Å². The minimum atomic E-state index is -0.293. The highest BCUT2D eigenvalue weighted by Gasteiger charge is 2.09. The molecule has 0 aliphatic heterocycles. The summed E-state index contributed by atoms with van der Waals surface area (Å²) in [4.78, 5) is 3.98. The molecule has 0 amide bonds. The van der Waals surface area contributed by atoms with E-state index >= 15 is 0 Å². The third-order valence-corrected chi connectivity index (χ3v) is 1.99. The molecule has 0 fully saturated rings. The topological polar surface area (TPSA) is 47.9 Å². The smallest absolute Gasteiger partial charge is 0.244 e.